The number of hydrogen-bond acceptors (Lipinski definition) is 2. The number of nitrogens with one attached hydrogen (secondary N) is 1. The van der Waals surface area contributed by atoms with Crippen LogP contribution in [0.15, 0.2) is 60.7 Å². The minimum absolute atomic E-state index is 0.0305. The second-order valence-electron chi connectivity index (χ2n) is 6.00. The van der Waals surface area contributed by atoms with Crippen LogP contribution in [-0.2, 0) is 11.3 Å². The normalized spacial score (nSPS) is 24.3. The standard InChI is InChI=1S/C19H21NO2/c21-19(22)17-11-16(15-9-5-2-6-10-15)12-18(17)20-13-14-7-3-1-4-8-14/h1-10,16-18,20H,11-13H2,(H,21,22)/t16-,17+,18-/m0/s1. The Balaban J connectivity index is 1.68. The molecular weight excluding hydrogens is 274 g/mol. The van der Waals surface area contributed by atoms with Gasteiger partial charge in [0.05, 0.1) is 5.92 Å². The summed E-state index contributed by atoms with van der Waals surface area (Å²) < 4.78 is 0. The molecule has 1 fully saturated rings. The van der Waals surface area contributed by atoms with Crippen molar-refractivity contribution in [3.63, 3.8) is 0 Å². The highest BCUT2D eigenvalue weighted by Gasteiger charge is 2.38. The molecule has 0 unspecified atom stereocenters. The van der Waals surface area contributed by atoms with E-state index >= 15 is 0 Å². The fraction of sp³-hybridized carbons (Fsp3) is 0.316. The summed E-state index contributed by atoms with van der Waals surface area (Å²) in [5, 5.41) is 13.0. The third kappa shape index (κ3) is 3.37. The first kappa shape index (κ1) is 14.8. The smallest absolute Gasteiger partial charge is 0.308 e. The van der Waals surface area contributed by atoms with Gasteiger partial charge in [-0.3, -0.25) is 4.79 Å². The molecule has 0 aromatic heterocycles. The molecule has 22 heavy (non-hydrogen) atoms. The monoisotopic (exact) mass is 295 g/mol. The van der Waals surface area contributed by atoms with Gasteiger partial charge in [-0.25, -0.2) is 0 Å². The maximum absolute atomic E-state index is 11.6. The van der Waals surface area contributed by atoms with Gasteiger partial charge in [-0.1, -0.05) is 60.7 Å². The van der Waals surface area contributed by atoms with Crippen LogP contribution in [0.4, 0.5) is 0 Å². The third-order valence-corrected chi connectivity index (χ3v) is 4.56. The van der Waals surface area contributed by atoms with Crippen LogP contribution in [0.2, 0.25) is 0 Å². The number of benzene rings is 2. The molecule has 0 spiro atoms. The van der Waals surface area contributed by atoms with Crippen molar-refractivity contribution in [3.05, 3.63) is 71.8 Å². The summed E-state index contributed by atoms with van der Waals surface area (Å²) in [5.41, 5.74) is 2.44. The molecule has 3 heteroatoms. The van der Waals surface area contributed by atoms with E-state index in [2.05, 4.69) is 29.6 Å². The second-order valence-corrected chi connectivity index (χ2v) is 6.00. The summed E-state index contributed by atoms with van der Waals surface area (Å²) in [6, 6.07) is 20.4. The molecule has 1 saturated carbocycles. The first-order valence-corrected chi connectivity index (χ1v) is 7.79. The largest absolute Gasteiger partial charge is 0.481 e. The molecule has 2 aromatic rings. The Hall–Kier alpha value is -2.13. The first-order valence-electron chi connectivity index (χ1n) is 7.79. The van der Waals surface area contributed by atoms with Crippen molar-refractivity contribution in [2.45, 2.75) is 31.3 Å². The molecule has 114 valence electrons. The van der Waals surface area contributed by atoms with Crippen molar-refractivity contribution in [2.75, 3.05) is 0 Å². The fourth-order valence-electron chi connectivity index (χ4n) is 3.38. The highest BCUT2D eigenvalue weighted by molar-refractivity contribution is 5.71. The van der Waals surface area contributed by atoms with E-state index in [0.29, 0.717) is 12.3 Å². The van der Waals surface area contributed by atoms with E-state index in [9.17, 15) is 9.90 Å². The molecule has 2 N–H and O–H groups in total. The van der Waals surface area contributed by atoms with Gasteiger partial charge in [0.1, 0.15) is 0 Å². The van der Waals surface area contributed by atoms with Crippen LogP contribution < -0.4 is 5.32 Å². The summed E-state index contributed by atoms with van der Waals surface area (Å²) in [4.78, 5) is 11.6. The van der Waals surface area contributed by atoms with Gasteiger partial charge in [0.25, 0.3) is 0 Å². The van der Waals surface area contributed by atoms with Gasteiger partial charge in [0.15, 0.2) is 0 Å². The summed E-state index contributed by atoms with van der Waals surface area (Å²) in [6.07, 6.45) is 1.60. The number of rotatable bonds is 5. The van der Waals surface area contributed by atoms with Crippen LogP contribution in [0.25, 0.3) is 0 Å². The van der Waals surface area contributed by atoms with Crippen LogP contribution in [0.1, 0.15) is 29.9 Å². The minimum Gasteiger partial charge on any atom is -0.481 e. The van der Waals surface area contributed by atoms with Crippen LogP contribution in [-0.4, -0.2) is 17.1 Å². The predicted octanol–water partition coefficient (Wildman–Crippen LogP) is 3.42. The van der Waals surface area contributed by atoms with Crippen molar-refractivity contribution in [1.82, 2.24) is 5.32 Å². The van der Waals surface area contributed by atoms with Crippen molar-refractivity contribution in [1.29, 1.82) is 0 Å². The van der Waals surface area contributed by atoms with Gasteiger partial charge < -0.3 is 10.4 Å². The Morgan fingerprint density at radius 1 is 1.00 bits per heavy atom. The number of carboxylic acid groups (broad SMARTS) is 1. The molecule has 0 amide bonds. The average Bonchev–Trinajstić information content (AvgIpc) is 2.99. The van der Waals surface area contributed by atoms with Crippen LogP contribution in [0.5, 0.6) is 0 Å². The lowest BCUT2D eigenvalue weighted by Gasteiger charge is -2.17. The molecule has 1 aliphatic rings. The summed E-state index contributed by atoms with van der Waals surface area (Å²) in [7, 11) is 0. The summed E-state index contributed by atoms with van der Waals surface area (Å²) >= 11 is 0. The Bertz CT molecular complexity index is 612. The molecule has 3 nitrogen and oxygen atoms in total. The topological polar surface area (TPSA) is 49.3 Å². The van der Waals surface area contributed by atoms with E-state index in [4.69, 9.17) is 0 Å². The number of carbonyl (C=O) groups is 1. The number of carboxylic acids is 1. The molecule has 3 rings (SSSR count). The van der Waals surface area contributed by atoms with E-state index in [-0.39, 0.29) is 12.0 Å². The molecule has 1 aliphatic carbocycles. The van der Waals surface area contributed by atoms with E-state index < -0.39 is 5.97 Å². The molecule has 0 radical (unpaired) electrons. The lowest BCUT2D eigenvalue weighted by atomic mass is 9.96. The Labute approximate surface area is 131 Å². The van der Waals surface area contributed by atoms with E-state index in [0.717, 1.165) is 13.0 Å². The number of hydrogen-bond donors (Lipinski definition) is 2. The lowest BCUT2D eigenvalue weighted by molar-refractivity contribution is -0.142. The third-order valence-electron chi connectivity index (χ3n) is 4.56. The van der Waals surface area contributed by atoms with Crippen LogP contribution in [0.3, 0.4) is 0 Å². The second kappa shape index (κ2) is 6.75. The van der Waals surface area contributed by atoms with Crippen molar-refractivity contribution >= 4 is 5.97 Å². The maximum Gasteiger partial charge on any atom is 0.308 e. The van der Waals surface area contributed by atoms with Crippen molar-refractivity contribution in [2.24, 2.45) is 5.92 Å². The SMILES string of the molecule is O=C(O)[C@@H]1C[C@H](c2ccccc2)C[C@@H]1NCc1ccccc1. The van der Waals surface area contributed by atoms with Gasteiger partial charge in [-0.2, -0.15) is 0 Å². The highest BCUT2D eigenvalue weighted by atomic mass is 16.4. The Kier molecular flexibility index (Phi) is 4.54. The minimum atomic E-state index is -0.691. The zero-order chi connectivity index (χ0) is 15.4. The van der Waals surface area contributed by atoms with E-state index in [1.165, 1.54) is 11.1 Å². The van der Waals surface area contributed by atoms with Crippen LogP contribution >= 0.6 is 0 Å². The van der Waals surface area contributed by atoms with Gasteiger partial charge in [0, 0.05) is 12.6 Å². The average molecular weight is 295 g/mol. The molecule has 0 bridgehead atoms. The maximum atomic E-state index is 11.6. The van der Waals surface area contributed by atoms with Gasteiger partial charge in [-0.15, -0.1) is 0 Å². The van der Waals surface area contributed by atoms with E-state index in [1.54, 1.807) is 0 Å². The summed E-state index contributed by atoms with van der Waals surface area (Å²) in [5.74, 6) is -0.673. The fourth-order valence-corrected chi connectivity index (χ4v) is 3.38. The molecule has 0 saturated heterocycles. The summed E-state index contributed by atoms with van der Waals surface area (Å²) in [6.45, 7) is 0.719. The number of aliphatic carboxylic acids is 1. The molecule has 3 atom stereocenters. The molecule has 0 heterocycles. The zero-order valence-electron chi connectivity index (χ0n) is 12.5. The van der Waals surface area contributed by atoms with Crippen LogP contribution in [0, 0.1) is 5.92 Å². The molecule has 0 aliphatic heterocycles. The van der Waals surface area contributed by atoms with Gasteiger partial charge in [0.2, 0.25) is 0 Å². The van der Waals surface area contributed by atoms with E-state index in [1.807, 2.05) is 36.4 Å². The molecular formula is C19H21NO2. The van der Waals surface area contributed by atoms with Gasteiger partial charge >= 0.3 is 5.97 Å². The quantitative estimate of drug-likeness (QED) is 0.888. The van der Waals surface area contributed by atoms with Crippen molar-refractivity contribution < 1.29 is 9.90 Å². The zero-order valence-corrected chi connectivity index (χ0v) is 12.5. The Morgan fingerprint density at radius 2 is 1.64 bits per heavy atom. The Morgan fingerprint density at radius 3 is 2.27 bits per heavy atom. The molecule has 2 aromatic carbocycles. The lowest BCUT2D eigenvalue weighted by Crippen LogP contribution is -2.35. The van der Waals surface area contributed by atoms with Gasteiger partial charge in [-0.05, 0) is 29.9 Å². The first-order chi connectivity index (χ1) is 10.7. The predicted molar refractivity (Wildman–Crippen MR) is 86.6 cm³/mol. The highest BCUT2D eigenvalue weighted by Crippen LogP contribution is 2.38. The van der Waals surface area contributed by atoms with Crippen molar-refractivity contribution in [3.8, 4) is 0 Å².